The van der Waals surface area contributed by atoms with Gasteiger partial charge in [-0.2, -0.15) is 15.5 Å². The maximum Gasteiger partial charge on any atom is 0.170 e. The van der Waals surface area contributed by atoms with Crippen molar-refractivity contribution in [1.82, 2.24) is 19.6 Å². The smallest absolute Gasteiger partial charge is 0.170 e. The summed E-state index contributed by atoms with van der Waals surface area (Å²) in [5, 5.41) is 17.7. The standard InChI is InChI=1S/C11H14N6/c1-6-9(5-12)11(16(4)14-6)17-8(3)10(13)7(2)15-17/h13H2,1-4H3. The van der Waals surface area contributed by atoms with Crippen molar-refractivity contribution in [1.29, 1.82) is 5.26 Å². The molecule has 0 saturated heterocycles. The Balaban J connectivity index is 2.77. The Hall–Kier alpha value is -2.29. The van der Waals surface area contributed by atoms with E-state index in [2.05, 4.69) is 16.3 Å². The highest BCUT2D eigenvalue weighted by Crippen LogP contribution is 2.22. The number of hydrogen-bond donors (Lipinski definition) is 1. The highest BCUT2D eigenvalue weighted by atomic mass is 15.4. The molecule has 0 radical (unpaired) electrons. The minimum absolute atomic E-state index is 0.526. The average Bonchev–Trinajstić information content (AvgIpc) is 2.69. The predicted octanol–water partition coefficient (Wildman–Crippen LogP) is 0.985. The van der Waals surface area contributed by atoms with Gasteiger partial charge in [-0.25, -0.2) is 9.36 Å². The van der Waals surface area contributed by atoms with Gasteiger partial charge in [-0.3, -0.25) is 0 Å². The minimum Gasteiger partial charge on any atom is -0.396 e. The van der Waals surface area contributed by atoms with Gasteiger partial charge in [-0.15, -0.1) is 0 Å². The summed E-state index contributed by atoms with van der Waals surface area (Å²) in [5.41, 5.74) is 9.33. The Morgan fingerprint density at radius 3 is 2.29 bits per heavy atom. The van der Waals surface area contributed by atoms with Crippen molar-refractivity contribution in [2.75, 3.05) is 5.73 Å². The number of nitrogen functional groups attached to an aromatic ring is 1. The highest BCUT2D eigenvalue weighted by molar-refractivity contribution is 5.53. The molecule has 2 aromatic heterocycles. The van der Waals surface area contributed by atoms with Crippen LogP contribution in [0.4, 0.5) is 5.69 Å². The second kappa shape index (κ2) is 3.63. The van der Waals surface area contributed by atoms with Gasteiger partial charge in [-0.05, 0) is 20.8 Å². The summed E-state index contributed by atoms with van der Waals surface area (Å²) >= 11 is 0. The van der Waals surface area contributed by atoms with Crippen LogP contribution in [0.1, 0.15) is 22.6 Å². The Morgan fingerprint density at radius 1 is 1.18 bits per heavy atom. The molecule has 88 valence electrons. The molecule has 2 rings (SSSR count). The van der Waals surface area contributed by atoms with Crippen LogP contribution in [-0.2, 0) is 7.05 Å². The lowest BCUT2D eigenvalue weighted by atomic mass is 10.2. The fourth-order valence-electron chi connectivity index (χ4n) is 1.88. The molecule has 0 aliphatic rings. The lowest BCUT2D eigenvalue weighted by molar-refractivity contribution is 0.682. The summed E-state index contributed by atoms with van der Waals surface area (Å²) in [7, 11) is 1.79. The Kier molecular flexibility index (Phi) is 2.39. The van der Waals surface area contributed by atoms with Crippen molar-refractivity contribution in [3.63, 3.8) is 0 Å². The number of anilines is 1. The highest BCUT2D eigenvalue weighted by Gasteiger charge is 2.19. The van der Waals surface area contributed by atoms with Crippen LogP contribution < -0.4 is 5.73 Å². The van der Waals surface area contributed by atoms with E-state index in [0.717, 1.165) is 11.4 Å². The molecule has 0 unspecified atom stereocenters. The topological polar surface area (TPSA) is 85.5 Å². The Morgan fingerprint density at radius 2 is 1.82 bits per heavy atom. The SMILES string of the molecule is Cc1nn(-c2c(C#N)c(C)nn2C)c(C)c1N. The summed E-state index contributed by atoms with van der Waals surface area (Å²) in [6.45, 7) is 5.52. The van der Waals surface area contributed by atoms with Gasteiger partial charge in [0.1, 0.15) is 11.6 Å². The number of aryl methyl sites for hydroxylation is 3. The third kappa shape index (κ3) is 1.47. The van der Waals surface area contributed by atoms with Crippen LogP contribution >= 0.6 is 0 Å². The summed E-state index contributed by atoms with van der Waals surface area (Å²) < 4.78 is 3.32. The van der Waals surface area contributed by atoms with E-state index < -0.39 is 0 Å². The van der Waals surface area contributed by atoms with Gasteiger partial charge in [0.25, 0.3) is 0 Å². The predicted molar refractivity (Wildman–Crippen MR) is 63.7 cm³/mol. The summed E-state index contributed by atoms with van der Waals surface area (Å²) in [5.74, 6) is 0.655. The van der Waals surface area contributed by atoms with Crippen LogP contribution in [0.25, 0.3) is 5.82 Å². The van der Waals surface area contributed by atoms with Crippen LogP contribution in [-0.4, -0.2) is 19.6 Å². The van der Waals surface area contributed by atoms with E-state index in [1.165, 1.54) is 0 Å². The van der Waals surface area contributed by atoms with Crippen molar-refractivity contribution in [3.05, 3.63) is 22.6 Å². The zero-order valence-corrected chi connectivity index (χ0v) is 10.3. The maximum absolute atomic E-state index is 9.17. The summed E-state index contributed by atoms with van der Waals surface area (Å²) in [6, 6.07) is 2.15. The van der Waals surface area contributed by atoms with Gasteiger partial charge in [0.05, 0.1) is 22.8 Å². The average molecular weight is 230 g/mol. The number of hydrogen-bond acceptors (Lipinski definition) is 4. The molecule has 0 aliphatic carbocycles. The van der Waals surface area contributed by atoms with Gasteiger partial charge in [0, 0.05) is 7.05 Å². The molecule has 0 saturated carbocycles. The molecule has 6 nitrogen and oxygen atoms in total. The molecule has 0 amide bonds. The van der Waals surface area contributed by atoms with Gasteiger partial charge < -0.3 is 5.73 Å². The molecule has 0 aliphatic heterocycles. The number of nitrogens with two attached hydrogens (primary N) is 1. The molecule has 0 atom stereocenters. The van der Waals surface area contributed by atoms with E-state index in [9.17, 15) is 0 Å². The van der Waals surface area contributed by atoms with E-state index in [4.69, 9.17) is 11.0 Å². The van der Waals surface area contributed by atoms with Crippen molar-refractivity contribution in [3.8, 4) is 11.9 Å². The Bertz CT molecular complexity index is 625. The van der Waals surface area contributed by atoms with E-state index in [0.29, 0.717) is 22.8 Å². The molecule has 0 aromatic carbocycles. The van der Waals surface area contributed by atoms with E-state index >= 15 is 0 Å². The zero-order valence-electron chi connectivity index (χ0n) is 10.3. The van der Waals surface area contributed by atoms with Crippen molar-refractivity contribution >= 4 is 5.69 Å². The maximum atomic E-state index is 9.17. The molecule has 0 bridgehead atoms. The van der Waals surface area contributed by atoms with Gasteiger partial charge >= 0.3 is 0 Å². The van der Waals surface area contributed by atoms with Crippen LogP contribution in [0.5, 0.6) is 0 Å². The first kappa shape index (κ1) is 11.2. The van der Waals surface area contributed by atoms with Crippen LogP contribution in [0.3, 0.4) is 0 Å². The number of aromatic nitrogens is 4. The van der Waals surface area contributed by atoms with Crippen molar-refractivity contribution in [2.45, 2.75) is 20.8 Å². The molecule has 2 aromatic rings. The normalized spacial score (nSPS) is 10.5. The molecule has 2 N–H and O–H groups in total. The minimum atomic E-state index is 0.526. The first-order chi connectivity index (χ1) is 7.97. The van der Waals surface area contributed by atoms with E-state index in [1.807, 2.05) is 13.8 Å². The number of nitriles is 1. The lowest BCUT2D eigenvalue weighted by Crippen LogP contribution is -2.08. The van der Waals surface area contributed by atoms with Crippen molar-refractivity contribution < 1.29 is 0 Å². The van der Waals surface area contributed by atoms with Crippen LogP contribution in [0.2, 0.25) is 0 Å². The first-order valence-electron chi connectivity index (χ1n) is 5.23. The van der Waals surface area contributed by atoms with E-state index in [1.54, 1.807) is 23.3 Å². The fourth-order valence-corrected chi connectivity index (χ4v) is 1.88. The molecular weight excluding hydrogens is 216 g/mol. The Labute approximate surface area is 99.3 Å². The van der Waals surface area contributed by atoms with Gasteiger partial charge in [0.2, 0.25) is 0 Å². The molecule has 0 spiro atoms. The second-order valence-electron chi connectivity index (χ2n) is 4.02. The monoisotopic (exact) mass is 230 g/mol. The van der Waals surface area contributed by atoms with E-state index in [-0.39, 0.29) is 0 Å². The molecule has 17 heavy (non-hydrogen) atoms. The van der Waals surface area contributed by atoms with Crippen LogP contribution in [0, 0.1) is 32.1 Å². The lowest BCUT2D eigenvalue weighted by Gasteiger charge is -2.04. The zero-order chi connectivity index (χ0) is 12.7. The van der Waals surface area contributed by atoms with Gasteiger partial charge in [-0.1, -0.05) is 0 Å². The van der Waals surface area contributed by atoms with Crippen molar-refractivity contribution in [2.24, 2.45) is 7.05 Å². The third-order valence-electron chi connectivity index (χ3n) is 2.85. The quantitative estimate of drug-likeness (QED) is 0.791. The molecule has 6 heteroatoms. The molecule has 0 fully saturated rings. The second-order valence-corrected chi connectivity index (χ2v) is 4.02. The van der Waals surface area contributed by atoms with Crippen LogP contribution in [0.15, 0.2) is 0 Å². The fraction of sp³-hybridized carbons (Fsp3) is 0.364. The van der Waals surface area contributed by atoms with Gasteiger partial charge in [0.15, 0.2) is 5.82 Å². The largest absolute Gasteiger partial charge is 0.396 e. The summed E-state index contributed by atoms with van der Waals surface area (Å²) in [4.78, 5) is 0. The molecular formula is C11H14N6. The number of nitrogens with zero attached hydrogens (tertiary/aromatic N) is 5. The summed E-state index contributed by atoms with van der Waals surface area (Å²) in [6.07, 6.45) is 0. The number of rotatable bonds is 1. The molecule has 2 heterocycles. The third-order valence-corrected chi connectivity index (χ3v) is 2.85. The first-order valence-corrected chi connectivity index (χ1v) is 5.23.